The molecule has 0 bridgehead atoms. The highest BCUT2D eigenvalue weighted by atomic mass is 16.1. The highest BCUT2D eigenvalue weighted by molar-refractivity contribution is 5.94. The van der Waals surface area contributed by atoms with Gasteiger partial charge in [0.05, 0.1) is 6.21 Å². The molecule has 0 spiro atoms. The van der Waals surface area contributed by atoms with Gasteiger partial charge in [-0.2, -0.15) is 15.1 Å². The Morgan fingerprint density at radius 3 is 2.65 bits per heavy atom. The summed E-state index contributed by atoms with van der Waals surface area (Å²) in [5.41, 5.74) is 4.17. The van der Waals surface area contributed by atoms with Gasteiger partial charge in [-0.1, -0.05) is 12.1 Å². The fourth-order valence-corrected chi connectivity index (χ4v) is 1.46. The van der Waals surface area contributed by atoms with Gasteiger partial charge in [0, 0.05) is 12.6 Å². The van der Waals surface area contributed by atoms with Crippen molar-refractivity contribution in [1.82, 2.24) is 20.3 Å². The molecule has 1 amide bonds. The predicted molar refractivity (Wildman–Crippen MR) is 75.6 cm³/mol. The van der Waals surface area contributed by atoms with Gasteiger partial charge < -0.3 is 5.32 Å². The zero-order valence-corrected chi connectivity index (χ0v) is 11.2. The molecule has 0 atom stereocenters. The van der Waals surface area contributed by atoms with Crippen LogP contribution in [0.4, 0.5) is 5.95 Å². The van der Waals surface area contributed by atoms with Crippen molar-refractivity contribution >= 4 is 18.1 Å². The number of carbonyl (C=O) groups excluding carboxylic acids is 1. The van der Waals surface area contributed by atoms with Crippen LogP contribution in [0.15, 0.2) is 35.7 Å². The van der Waals surface area contributed by atoms with Crippen molar-refractivity contribution in [3.8, 4) is 0 Å². The van der Waals surface area contributed by atoms with Crippen LogP contribution in [0.1, 0.15) is 21.7 Å². The monoisotopic (exact) mass is 270 g/mol. The molecule has 7 heteroatoms. The molecule has 20 heavy (non-hydrogen) atoms. The fraction of sp³-hybridized carbons (Fsp3) is 0.154. The second kappa shape index (κ2) is 6.37. The average molecular weight is 270 g/mol. The van der Waals surface area contributed by atoms with Crippen LogP contribution in [0.3, 0.4) is 0 Å². The van der Waals surface area contributed by atoms with Crippen molar-refractivity contribution in [1.29, 1.82) is 0 Å². The molecule has 1 aromatic carbocycles. The van der Waals surface area contributed by atoms with E-state index < -0.39 is 0 Å². The largest absolute Gasteiger partial charge is 0.355 e. The zero-order chi connectivity index (χ0) is 14.4. The molecule has 0 fully saturated rings. The van der Waals surface area contributed by atoms with Crippen LogP contribution in [0, 0.1) is 6.92 Å². The number of rotatable bonds is 4. The van der Waals surface area contributed by atoms with E-state index in [9.17, 15) is 4.79 Å². The Hall–Kier alpha value is -2.83. The fourth-order valence-electron chi connectivity index (χ4n) is 1.46. The third kappa shape index (κ3) is 3.58. The number of anilines is 1. The Morgan fingerprint density at radius 1 is 1.25 bits per heavy atom. The van der Waals surface area contributed by atoms with Gasteiger partial charge in [-0.3, -0.25) is 4.79 Å². The Balaban J connectivity index is 1.99. The van der Waals surface area contributed by atoms with E-state index in [4.69, 9.17) is 0 Å². The maximum Gasteiger partial charge on any atom is 0.251 e. The minimum Gasteiger partial charge on any atom is -0.355 e. The molecule has 2 N–H and O–H groups in total. The summed E-state index contributed by atoms with van der Waals surface area (Å²) in [6.07, 6.45) is 3.03. The minimum absolute atomic E-state index is 0.118. The van der Waals surface area contributed by atoms with Gasteiger partial charge in [0.2, 0.25) is 5.95 Å². The third-order valence-corrected chi connectivity index (χ3v) is 2.47. The molecule has 0 saturated carbocycles. The molecule has 0 radical (unpaired) electrons. The van der Waals surface area contributed by atoms with Crippen LogP contribution in [0.25, 0.3) is 0 Å². The Morgan fingerprint density at radius 2 is 2.00 bits per heavy atom. The lowest BCUT2D eigenvalue weighted by molar-refractivity contribution is 0.0963. The Bertz CT molecular complexity index is 623. The van der Waals surface area contributed by atoms with E-state index in [-0.39, 0.29) is 5.91 Å². The van der Waals surface area contributed by atoms with Crippen LogP contribution < -0.4 is 10.7 Å². The number of amides is 1. The first-order chi connectivity index (χ1) is 9.69. The maximum absolute atomic E-state index is 11.4. The summed E-state index contributed by atoms with van der Waals surface area (Å²) < 4.78 is 0. The standard InChI is InChI=1S/C13H14N6O/c1-9-15-8-16-13(18-9)19-17-7-10-3-5-11(6-4-10)12(20)14-2/h3-8H,1-2H3,(H,14,20)(H,15,16,18,19)/b17-7+. The second-order valence-electron chi connectivity index (χ2n) is 3.93. The Kier molecular flexibility index (Phi) is 4.33. The summed E-state index contributed by atoms with van der Waals surface area (Å²) in [4.78, 5) is 23.2. The molecule has 2 rings (SSSR count). The van der Waals surface area contributed by atoms with Crippen LogP contribution in [0.5, 0.6) is 0 Å². The van der Waals surface area contributed by atoms with Crippen LogP contribution in [-0.2, 0) is 0 Å². The van der Waals surface area contributed by atoms with Gasteiger partial charge >= 0.3 is 0 Å². The lowest BCUT2D eigenvalue weighted by atomic mass is 10.1. The van der Waals surface area contributed by atoms with E-state index in [0.29, 0.717) is 17.3 Å². The third-order valence-electron chi connectivity index (χ3n) is 2.47. The van der Waals surface area contributed by atoms with Gasteiger partial charge in [-0.25, -0.2) is 10.4 Å². The number of benzene rings is 1. The zero-order valence-electron chi connectivity index (χ0n) is 11.2. The molecule has 0 saturated heterocycles. The number of hydrogen-bond donors (Lipinski definition) is 2. The molecule has 0 aliphatic rings. The summed E-state index contributed by atoms with van der Waals surface area (Å²) in [6, 6.07) is 7.06. The van der Waals surface area contributed by atoms with Crippen LogP contribution in [-0.4, -0.2) is 34.1 Å². The van der Waals surface area contributed by atoms with E-state index in [1.165, 1.54) is 6.33 Å². The van der Waals surface area contributed by atoms with Crippen molar-refractivity contribution < 1.29 is 4.79 Å². The summed E-state index contributed by atoms with van der Waals surface area (Å²) in [5, 5.41) is 6.58. The quantitative estimate of drug-likeness (QED) is 0.638. The minimum atomic E-state index is -0.118. The number of nitrogens with one attached hydrogen (secondary N) is 2. The van der Waals surface area contributed by atoms with E-state index in [1.54, 1.807) is 44.5 Å². The van der Waals surface area contributed by atoms with E-state index in [1.807, 2.05) is 0 Å². The highest BCUT2D eigenvalue weighted by Crippen LogP contribution is 2.03. The maximum atomic E-state index is 11.4. The second-order valence-corrected chi connectivity index (χ2v) is 3.93. The molecule has 2 aromatic rings. The molecule has 0 aliphatic carbocycles. The number of aromatic nitrogens is 3. The molecule has 0 unspecified atom stereocenters. The molecule has 0 aliphatic heterocycles. The SMILES string of the molecule is CNC(=O)c1ccc(/C=N/Nc2ncnc(C)n2)cc1. The number of aryl methyl sites for hydroxylation is 1. The van der Waals surface area contributed by atoms with E-state index >= 15 is 0 Å². The van der Waals surface area contributed by atoms with Gasteiger partial charge in [0.15, 0.2) is 0 Å². The number of hydrazone groups is 1. The van der Waals surface area contributed by atoms with Crippen molar-refractivity contribution in [3.63, 3.8) is 0 Å². The average Bonchev–Trinajstić information content (AvgIpc) is 2.47. The first-order valence-electron chi connectivity index (χ1n) is 5.96. The van der Waals surface area contributed by atoms with Gasteiger partial charge in [-0.05, 0) is 24.6 Å². The van der Waals surface area contributed by atoms with Crippen LogP contribution in [0.2, 0.25) is 0 Å². The smallest absolute Gasteiger partial charge is 0.251 e. The Labute approximate surface area is 116 Å². The summed E-state index contributed by atoms with van der Waals surface area (Å²) in [6.45, 7) is 1.77. The van der Waals surface area contributed by atoms with E-state index in [2.05, 4.69) is 30.8 Å². The van der Waals surface area contributed by atoms with Gasteiger partial charge in [-0.15, -0.1) is 0 Å². The summed E-state index contributed by atoms with van der Waals surface area (Å²) in [7, 11) is 1.60. The molecular weight excluding hydrogens is 256 g/mol. The predicted octanol–water partition coefficient (Wildman–Crippen LogP) is 0.986. The van der Waals surface area contributed by atoms with Gasteiger partial charge in [0.1, 0.15) is 12.2 Å². The highest BCUT2D eigenvalue weighted by Gasteiger charge is 2.01. The first-order valence-corrected chi connectivity index (χ1v) is 5.96. The number of nitrogens with zero attached hydrogens (tertiary/aromatic N) is 4. The normalized spacial score (nSPS) is 10.5. The molecular formula is C13H14N6O. The lowest BCUT2D eigenvalue weighted by Gasteiger charge is -2.00. The van der Waals surface area contributed by atoms with Crippen molar-refractivity contribution in [3.05, 3.63) is 47.5 Å². The first kappa shape index (κ1) is 13.6. The van der Waals surface area contributed by atoms with Crippen molar-refractivity contribution in [2.45, 2.75) is 6.92 Å². The number of hydrogen-bond acceptors (Lipinski definition) is 6. The molecule has 102 valence electrons. The van der Waals surface area contributed by atoms with E-state index in [0.717, 1.165) is 5.56 Å². The molecule has 1 heterocycles. The van der Waals surface area contributed by atoms with Crippen molar-refractivity contribution in [2.24, 2.45) is 5.10 Å². The number of carbonyl (C=O) groups is 1. The summed E-state index contributed by atoms with van der Waals surface area (Å²) in [5.74, 6) is 0.885. The van der Waals surface area contributed by atoms with Crippen LogP contribution >= 0.6 is 0 Å². The van der Waals surface area contributed by atoms with Gasteiger partial charge in [0.25, 0.3) is 5.91 Å². The van der Waals surface area contributed by atoms with Crippen molar-refractivity contribution in [2.75, 3.05) is 12.5 Å². The summed E-state index contributed by atoms with van der Waals surface area (Å²) >= 11 is 0. The lowest BCUT2D eigenvalue weighted by Crippen LogP contribution is -2.17. The molecule has 1 aromatic heterocycles. The molecule has 7 nitrogen and oxygen atoms in total. The topological polar surface area (TPSA) is 92.2 Å².